The van der Waals surface area contributed by atoms with Crippen molar-refractivity contribution in [2.45, 2.75) is 19.3 Å². The second-order valence-corrected chi connectivity index (χ2v) is 7.73. The Morgan fingerprint density at radius 3 is 2.39 bits per heavy atom. The zero-order valence-electron chi connectivity index (χ0n) is 16.4. The summed E-state index contributed by atoms with van der Waals surface area (Å²) in [6.07, 6.45) is 8.11. The Hall–Kier alpha value is -2.47. The molecule has 4 rings (SSSR count). The van der Waals surface area contributed by atoms with E-state index in [1.54, 1.807) is 18.6 Å². The number of piperidine rings is 1. The van der Waals surface area contributed by atoms with E-state index in [0.717, 1.165) is 70.9 Å². The van der Waals surface area contributed by atoms with Gasteiger partial charge in [-0.3, -0.25) is 14.7 Å². The molecular formula is C22H29N5O. The van der Waals surface area contributed by atoms with Crippen LogP contribution in [0.1, 0.15) is 18.4 Å². The van der Waals surface area contributed by atoms with Crippen molar-refractivity contribution in [3.8, 4) is 0 Å². The minimum absolute atomic E-state index is 0.156. The van der Waals surface area contributed by atoms with Crippen LogP contribution >= 0.6 is 0 Å². The SMILES string of the molecule is O=C(C1CCN(c2cnccn2)CC1)N1CCN(CCc2ccccc2)CC1. The van der Waals surface area contributed by atoms with Crippen LogP contribution in [0.15, 0.2) is 48.9 Å². The van der Waals surface area contributed by atoms with E-state index in [1.807, 2.05) is 0 Å². The highest BCUT2D eigenvalue weighted by atomic mass is 16.2. The van der Waals surface area contributed by atoms with Gasteiger partial charge in [-0.15, -0.1) is 0 Å². The molecule has 0 spiro atoms. The monoisotopic (exact) mass is 379 g/mol. The fourth-order valence-electron chi connectivity index (χ4n) is 4.19. The van der Waals surface area contributed by atoms with Gasteiger partial charge in [0.1, 0.15) is 5.82 Å². The Balaban J connectivity index is 1.20. The fourth-order valence-corrected chi connectivity index (χ4v) is 4.19. The van der Waals surface area contributed by atoms with Crippen LogP contribution in [0, 0.1) is 5.92 Å². The normalized spacial score (nSPS) is 19.0. The minimum Gasteiger partial charge on any atom is -0.355 e. The molecule has 0 radical (unpaired) electrons. The fraction of sp³-hybridized carbons (Fsp3) is 0.500. The molecule has 0 atom stereocenters. The number of hydrogen-bond donors (Lipinski definition) is 0. The van der Waals surface area contributed by atoms with Crippen LogP contribution in [0.4, 0.5) is 5.82 Å². The number of hydrogen-bond acceptors (Lipinski definition) is 5. The smallest absolute Gasteiger partial charge is 0.225 e. The molecule has 2 aromatic rings. The molecule has 28 heavy (non-hydrogen) atoms. The molecule has 0 aliphatic carbocycles. The maximum Gasteiger partial charge on any atom is 0.225 e. The molecule has 0 bridgehead atoms. The van der Waals surface area contributed by atoms with Crippen LogP contribution in [0.25, 0.3) is 0 Å². The van der Waals surface area contributed by atoms with Crippen LogP contribution in [0.2, 0.25) is 0 Å². The van der Waals surface area contributed by atoms with Crippen molar-refractivity contribution in [2.24, 2.45) is 5.92 Å². The summed E-state index contributed by atoms with van der Waals surface area (Å²) in [4.78, 5) is 28.3. The summed E-state index contributed by atoms with van der Waals surface area (Å²) in [6, 6.07) is 10.6. The maximum absolute atomic E-state index is 12.9. The van der Waals surface area contributed by atoms with Crippen molar-refractivity contribution < 1.29 is 4.79 Å². The molecule has 0 saturated carbocycles. The van der Waals surface area contributed by atoms with Gasteiger partial charge in [-0.2, -0.15) is 0 Å². The third-order valence-electron chi connectivity index (χ3n) is 5.96. The number of piperazine rings is 1. The van der Waals surface area contributed by atoms with Gasteiger partial charge in [0, 0.05) is 64.1 Å². The third-order valence-corrected chi connectivity index (χ3v) is 5.96. The molecule has 6 nitrogen and oxygen atoms in total. The number of nitrogens with zero attached hydrogens (tertiary/aromatic N) is 5. The molecule has 1 aromatic heterocycles. The van der Waals surface area contributed by atoms with Crippen LogP contribution in [0.3, 0.4) is 0 Å². The minimum atomic E-state index is 0.156. The molecule has 2 aliphatic heterocycles. The van der Waals surface area contributed by atoms with Crippen LogP contribution < -0.4 is 4.90 Å². The number of anilines is 1. The van der Waals surface area contributed by atoms with Gasteiger partial charge in [0.25, 0.3) is 0 Å². The lowest BCUT2D eigenvalue weighted by Crippen LogP contribution is -2.52. The Morgan fingerprint density at radius 1 is 0.964 bits per heavy atom. The van der Waals surface area contributed by atoms with Crippen molar-refractivity contribution in [3.63, 3.8) is 0 Å². The van der Waals surface area contributed by atoms with Gasteiger partial charge in [-0.25, -0.2) is 4.98 Å². The largest absolute Gasteiger partial charge is 0.355 e. The zero-order valence-corrected chi connectivity index (χ0v) is 16.4. The average molecular weight is 380 g/mol. The number of amides is 1. The van der Waals surface area contributed by atoms with Gasteiger partial charge in [0.05, 0.1) is 6.20 Å². The van der Waals surface area contributed by atoms with Gasteiger partial charge in [0.2, 0.25) is 5.91 Å². The molecule has 2 fully saturated rings. The summed E-state index contributed by atoms with van der Waals surface area (Å²) in [5, 5.41) is 0. The Kier molecular flexibility index (Phi) is 6.17. The molecule has 2 saturated heterocycles. The van der Waals surface area contributed by atoms with E-state index in [4.69, 9.17) is 0 Å². The lowest BCUT2D eigenvalue weighted by Gasteiger charge is -2.38. The summed E-state index contributed by atoms with van der Waals surface area (Å²) in [6.45, 7) is 6.52. The van der Waals surface area contributed by atoms with Gasteiger partial charge >= 0.3 is 0 Å². The van der Waals surface area contributed by atoms with Gasteiger partial charge < -0.3 is 9.80 Å². The third kappa shape index (κ3) is 4.68. The first kappa shape index (κ1) is 18.9. The lowest BCUT2D eigenvalue weighted by atomic mass is 9.95. The molecule has 0 unspecified atom stereocenters. The van der Waals surface area contributed by atoms with E-state index in [0.29, 0.717) is 5.91 Å². The van der Waals surface area contributed by atoms with E-state index >= 15 is 0 Å². The number of carbonyl (C=O) groups is 1. The summed E-state index contributed by atoms with van der Waals surface area (Å²) >= 11 is 0. The van der Waals surface area contributed by atoms with Crippen molar-refractivity contribution >= 4 is 11.7 Å². The van der Waals surface area contributed by atoms with Crippen LogP contribution in [0.5, 0.6) is 0 Å². The second-order valence-electron chi connectivity index (χ2n) is 7.73. The first-order chi connectivity index (χ1) is 13.8. The quantitative estimate of drug-likeness (QED) is 0.796. The first-order valence-electron chi connectivity index (χ1n) is 10.4. The van der Waals surface area contributed by atoms with E-state index in [-0.39, 0.29) is 5.92 Å². The number of benzene rings is 1. The van der Waals surface area contributed by atoms with E-state index in [2.05, 4.69) is 55.0 Å². The molecule has 0 N–H and O–H groups in total. The predicted molar refractivity (Wildman–Crippen MR) is 110 cm³/mol. The predicted octanol–water partition coefficient (Wildman–Crippen LogP) is 2.08. The van der Waals surface area contributed by atoms with E-state index in [1.165, 1.54) is 5.56 Å². The molecule has 2 aliphatic rings. The molecule has 148 valence electrons. The van der Waals surface area contributed by atoms with Crippen molar-refractivity contribution in [1.29, 1.82) is 0 Å². The average Bonchev–Trinajstić information content (AvgIpc) is 2.79. The van der Waals surface area contributed by atoms with Gasteiger partial charge in [-0.05, 0) is 24.8 Å². The number of aromatic nitrogens is 2. The van der Waals surface area contributed by atoms with Gasteiger partial charge in [0.15, 0.2) is 0 Å². The molecule has 1 amide bonds. The summed E-state index contributed by atoms with van der Waals surface area (Å²) < 4.78 is 0. The Labute approximate surface area is 167 Å². The summed E-state index contributed by atoms with van der Waals surface area (Å²) in [7, 11) is 0. The molecule has 6 heteroatoms. The highest BCUT2D eigenvalue weighted by Crippen LogP contribution is 2.23. The standard InChI is InChI=1S/C22H29N5O/c28-22(20-7-12-26(13-8-20)21-18-23-9-10-24-21)27-16-14-25(15-17-27)11-6-19-4-2-1-3-5-19/h1-5,9-10,18,20H,6-8,11-17H2. The molecule has 3 heterocycles. The Morgan fingerprint density at radius 2 is 1.71 bits per heavy atom. The van der Waals surface area contributed by atoms with E-state index in [9.17, 15) is 4.79 Å². The molecule has 1 aromatic carbocycles. The zero-order chi connectivity index (χ0) is 19.2. The van der Waals surface area contributed by atoms with Crippen LogP contribution in [-0.4, -0.2) is 71.5 Å². The van der Waals surface area contributed by atoms with Crippen molar-refractivity contribution in [2.75, 3.05) is 50.7 Å². The van der Waals surface area contributed by atoms with Gasteiger partial charge in [-0.1, -0.05) is 30.3 Å². The van der Waals surface area contributed by atoms with Crippen LogP contribution in [-0.2, 0) is 11.2 Å². The number of rotatable bonds is 5. The van der Waals surface area contributed by atoms with Crippen molar-refractivity contribution in [3.05, 3.63) is 54.5 Å². The Bertz CT molecular complexity index is 738. The summed E-state index contributed by atoms with van der Waals surface area (Å²) in [5.74, 6) is 1.42. The van der Waals surface area contributed by atoms with E-state index < -0.39 is 0 Å². The maximum atomic E-state index is 12.9. The first-order valence-corrected chi connectivity index (χ1v) is 10.4. The lowest BCUT2D eigenvalue weighted by molar-refractivity contribution is -0.138. The topological polar surface area (TPSA) is 52.6 Å². The highest BCUT2D eigenvalue weighted by Gasteiger charge is 2.30. The number of carbonyl (C=O) groups excluding carboxylic acids is 1. The second kappa shape index (κ2) is 9.15. The molecular weight excluding hydrogens is 350 g/mol. The summed E-state index contributed by atoms with van der Waals surface area (Å²) in [5.41, 5.74) is 1.39. The highest BCUT2D eigenvalue weighted by molar-refractivity contribution is 5.79. The van der Waals surface area contributed by atoms with Crippen molar-refractivity contribution in [1.82, 2.24) is 19.8 Å².